The van der Waals surface area contributed by atoms with E-state index in [1.165, 1.54) is 6.07 Å². The highest BCUT2D eigenvalue weighted by atomic mass is 79.9. The summed E-state index contributed by atoms with van der Waals surface area (Å²) in [6.45, 7) is 2.02. The van der Waals surface area contributed by atoms with Crippen molar-refractivity contribution in [2.24, 2.45) is 0 Å². The zero-order chi connectivity index (χ0) is 23.8. The smallest absolute Gasteiger partial charge is 0.280 e. The van der Waals surface area contributed by atoms with E-state index in [1.54, 1.807) is 30.5 Å². The van der Waals surface area contributed by atoms with Crippen LogP contribution < -0.4 is 10.2 Å². The van der Waals surface area contributed by atoms with E-state index in [9.17, 15) is 10.1 Å². The number of rotatable bonds is 5. The van der Waals surface area contributed by atoms with Crippen molar-refractivity contribution in [2.75, 3.05) is 4.90 Å². The third kappa shape index (κ3) is 3.97. The molecule has 5 rings (SSSR count). The number of aromatic nitrogens is 1. The summed E-state index contributed by atoms with van der Waals surface area (Å²) in [5, 5.41) is 15.5. The zero-order valence-corrected chi connectivity index (χ0v) is 20.4. The van der Waals surface area contributed by atoms with Crippen molar-refractivity contribution in [1.82, 2.24) is 10.3 Å². The zero-order valence-electron chi connectivity index (χ0n) is 18.0. The van der Waals surface area contributed by atoms with Gasteiger partial charge in [0.05, 0.1) is 22.2 Å². The number of anilines is 1. The highest BCUT2D eigenvalue weighted by molar-refractivity contribution is 9.10. The first-order valence-corrected chi connectivity index (χ1v) is 11.7. The van der Waals surface area contributed by atoms with Crippen LogP contribution in [-0.4, -0.2) is 15.0 Å². The molecular formula is C25H19BrN4O3S. The molecular weight excluding hydrogens is 516 g/mol. The fraction of sp³-hybridized carbons (Fsp3) is 0.120. The lowest BCUT2D eigenvalue weighted by Gasteiger charge is -2.26. The molecule has 170 valence electrons. The van der Waals surface area contributed by atoms with Gasteiger partial charge in [-0.25, -0.2) is 0 Å². The quantitative estimate of drug-likeness (QED) is 0.178. The summed E-state index contributed by atoms with van der Waals surface area (Å²) in [6.07, 6.45) is 1.74. The molecule has 34 heavy (non-hydrogen) atoms. The van der Waals surface area contributed by atoms with E-state index in [2.05, 4.69) is 32.3 Å². The number of hydrogen-bond donors (Lipinski definition) is 1. The van der Waals surface area contributed by atoms with E-state index in [4.69, 9.17) is 16.6 Å². The van der Waals surface area contributed by atoms with Gasteiger partial charge < -0.3 is 14.6 Å². The number of benzene rings is 2. The Bertz CT molecular complexity index is 1390. The lowest BCUT2D eigenvalue weighted by atomic mass is 10.0. The van der Waals surface area contributed by atoms with E-state index in [0.717, 1.165) is 21.4 Å². The molecule has 3 heterocycles. The summed E-state index contributed by atoms with van der Waals surface area (Å²) >= 11 is 9.31. The number of nitrogens with one attached hydrogen (secondary N) is 1. The van der Waals surface area contributed by atoms with Crippen LogP contribution in [0.1, 0.15) is 29.1 Å². The molecule has 0 amide bonds. The van der Waals surface area contributed by atoms with Crippen LogP contribution >= 0.6 is 28.1 Å². The van der Waals surface area contributed by atoms with Gasteiger partial charge in [-0.15, -0.1) is 0 Å². The van der Waals surface area contributed by atoms with Gasteiger partial charge in [-0.2, -0.15) is 0 Å². The molecule has 1 aliphatic rings. The second kappa shape index (κ2) is 9.00. The Kier molecular flexibility index (Phi) is 5.89. The second-order valence-corrected chi connectivity index (χ2v) is 9.15. The molecule has 0 saturated carbocycles. The van der Waals surface area contributed by atoms with Gasteiger partial charge in [0.1, 0.15) is 17.6 Å². The van der Waals surface area contributed by atoms with Gasteiger partial charge in [0, 0.05) is 22.4 Å². The minimum absolute atomic E-state index is 0.00913. The number of halogens is 1. The SMILES string of the molecule is Cc1cc(N2C(=S)N[C@H](c3ccccn3)[C@H]2c2ccc(-c3ccccc3[N+](=O)[O-])o2)ccc1Br. The molecule has 9 heteroatoms. The number of hydrogen-bond acceptors (Lipinski definition) is 5. The van der Waals surface area contributed by atoms with Crippen molar-refractivity contribution < 1.29 is 9.34 Å². The Hall–Kier alpha value is -3.56. The first-order chi connectivity index (χ1) is 16.4. The standard InChI is InChI=1S/C25H19BrN4O3S/c1-15-14-16(9-10-18(15)26)29-24(23(28-25(29)34)19-7-4-5-13-27-19)22-12-11-21(33-22)17-6-2-3-8-20(17)30(31)32/h2-14,23-24H,1H3,(H,28,34)/t23-,24-/m1/s1. The van der Waals surface area contributed by atoms with Gasteiger partial charge in [0.2, 0.25) is 0 Å². The van der Waals surface area contributed by atoms with Crippen molar-refractivity contribution in [3.05, 3.63) is 111 Å². The van der Waals surface area contributed by atoms with Crippen LogP contribution in [0.3, 0.4) is 0 Å². The van der Waals surface area contributed by atoms with Crippen molar-refractivity contribution in [3.8, 4) is 11.3 Å². The number of nitrogens with zero attached hydrogens (tertiary/aromatic N) is 3. The van der Waals surface area contributed by atoms with Crippen LogP contribution in [-0.2, 0) is 0 Å². The van der Waals surface area contributed by atoms with Gasteiger partial charge >= 0.3 is 0 Å². The number of furan rings is 1. The van der Waals surface area contributed by atoms with Crippen molar-refractivity contribution in [3.63, 3.8) is 0 Å². The van der Waals surface area contributed by atoms with Crippen LogP contribution in [0, 0.1) is 17.0 Å². The predicted molar refractivity (Wildman–Crippen MR) is 138 cm³/mol. The Balaban J connectivity index is 1.63. The van der Waals surface area contributed by atoms with E-state index >= 15 is 0 Å². The molecule has 1 N–H and O–H groups in total. The van der Waals surface area contributed by atoms with Gasteiger partial charge in [-0.05, 0) is 73.2 Å². The summed E-state index contributed by atoms with van der Waals surface area (Å²) in [5.41, 5.74) is 3.21. The molecule has 2 aromatic heterocycles. The monoisotopic (exact) mass is 534 g/mol. The van der Waals surface area contributed by atoms with Crippen molar-refractivity contribution >= 4 is 44.6 Å². The fourth-order valence-electron chi connectivity index (χ4n) is 4.20. The highest BCUT2D eigenvalue weighted by Gasteiger charge is 2.42. The number of aryl methyl sites for hydroxylation is 1. The number of pyridine rings is 1. The van der Waals surface area contributed by atoms with Crippen LogP contribution in [0.15, 0.2) is 87.9 Å². The van der Waals surface area contributed by atoms with Crippen LogP contribution in [0.2, 0.25) is 0 Å². The van der Waals surface area contributed by atoms with E-state index < -0.39 is 4.92 Å². The van der Waals surface area contributed by atoms with Crippen molar-refractivity contribution in [1.29, 1.82) is 0 Å². The average molecular weight is 535 g/mol. The Labute approximate surface area is 209 Å². The summed E-state index contributed by atoms with van der Waals surface area (Å²) in [7, 11) is 0. The van der Waals surface area contributed by atoms with Gasteiger partial charge in [0.15, 0.2) is 5.11 Å². The molecule has 1 fully saturated rings. The third-order valence-electron chi connectivity index (χ3n) is 5.80. The molecule has 7 nitrogen and oxygen atoms in total. The lowest BCUT2D eigenvalue weighted by Crippen LogP contribution is -2.29. The maximum absolute atomic E-state index is 11.6. The molecule has 2 atom stereocenters. The highest BCUT2D eigenvalue weighted by Crippen LogP contribution is 2.44. The average Bonchev–Trinajstić information content (AvgIpc) is 3.46. The summed E-state index contributed by atoms with van der Waals surface area (Å²) in [6, 6.07) is 21.3. The van der Waals surface area contributed by atoms with E-state index in [0.29, 0.717) is 22.2 Å². The van der Waals surface area contributed by atoms with Crippen LogP contribution in [0.4, 0.5) is 11.4 Å². The lowest BCUT2D eigenvalue weighted by molar-refractivity contribution is -0.384. The fourth-order valence-corrected chi connectivity index (χ4v) is 4.79. The minimum Gasteiger partial charge on any atom is -0.459 e. The van der Waals surface area contributed by atoms with Gasteiger partial charge in [-0.1, -0.05) is 34.1 Å². The van der Waals surface area contributed by atoms with E-state index in [-0.39, 0.29) is 17.8 Å². The first-order valence-electron chi connectivity index (χ1n) is 10.5. The van der Waals surface area contributed by atoms with Gasteiger partial charge in [0.25, 0.3) is 5.69 Å². The molecule has 0 spiro atoms. The van der Waals surface area contributed by atoms with Crippen LogP contribution in [0.25, 0.3) is 11.3 Å². The molecule has 1 aliphatic heterocycles. The summed E-state index contributed by atoms with van der Waals surface area (Å²) < 4.78 is 7.27. The molecule has 0 radical (unpaired) electrons. The Morgan fingerprint density at radius 3 is 2.65 bits per heavy atom. The molecule has 0 aliphatic carbocycles. The molecule has 1 saturated heterocycles. The molecule has 4 aromatic rings. The molecule has 0 bridgehead atoms. The molecule has 0 unspecified atom stereocenters. The van der Waals surface area contributed by atoms with Crippen molar-refractivity contribution in [2.45, 2.75) is 19.0 Å². The predicted octanol–water partition coefficient (Wildman–Crippen LogP) is 6.50. The maximum Gasteiger partial charge on any atom is 0.280 e. The normalized spacial score (nSPS) is 17.6. The van der Waals surface area contributed by atoms with E-state index in [1.807, 2.05) is 48.2 Å². The number of nitro groups is 1. The second-order valence-electron chi connectivity index (χ2n) is 7.91. The third-order valence-corrected chi connectivity index (χ3v) is 7.01. The number of para-hydroxylation sites is 1. The minimum atomic E-state index is -0.405. The number of nitro benzene ring substituents is 1. The van der Waals surface area contributed by atoms with Crippen LogP contribution in [0.5, 0.6) is 0 Å². The first kappa shape index (κ1) is 22.2. The Morgan fingerprint density at radius 2 is 1.91 bits per heavy atom. The summed E-state index contributed by atoms with van der Waals surface area (Å²) in [4.78, 5) is 17.7. The van der Waals surface area contributed by atoms with Gasteiger partial charge in [-0.3, -0.25) is 15.1 Å². The maximum atomic E-state index is 11.6. The molecule has 2 aromatic carbocycles. The number of thiocarbonyl (C=S) groups is 1. The summed E-state index contributed by atoms with van der Waals surface area (Å²) in [5.74, 6) is 1.04. The Morgan fingerprint density at radius 1 is 1.12 bits per heavy atom. The topological polar surface area (TPSA) is 84.4 Å². The largest absolute Gasteiger partial charge is 0.459 e.